The van der Waals surface area contributed by atoms with E-state index in [0.29, 0.717) is 0 Å². The average Bonchev–Trinajstić information content (AvgIpc) is 2.56. The van der Waals surface area contributed by atoms with Crippen molar-refractivity contribution in [1.82, 2.24) is 0 Å². The molecule has 0 aliphatic rings. The summed E-state index contributed by atoms with van der Waals surface area (Å²) in [6.45, 7) is 2.25. The SMILES string of the molecule is CCCCCCCCCC=CC=CC=CC=C/C=C/C=C/C(=O)O. The highest BCUT2D eigenvalue weighted by Gasteiger charge is 1.88. The molecular formula is C22H32O2. The van der Waals surface area contributed by atoms with Gasteiger partial charge in [-0.1, -0.05) is 112 Å². The van der Waals surface area contributed by atoms with Gasteiger partial charge in [-0.2, -0.15) is 0 Å². The zero-order valence-corrected chi connectivity index (χ0v) is 14.9. The number of carboxylic acid groups (broad SMARTS) is 1. The van der Waals surface area contributed by atoms with Crippen LogP contribution in [0.25, 0.3) is 0 Å². The van der Waals surface area contributed by atoms with Gasteiger partial charge in [-0.05, 0) is 12.8 Å². The van der Waals surface area contributed by atoms with E-state index < -0.39 is 5.97 Å². The van der Waals surface area contributed by atoms with Crippen LogP contribution in [0.1, 0.15) is 58.3 Å². The van der Waals surface area contributed by atoms with Crippen LogP contribution in [0.2, 0.25) is 0 Å². The molecule has 0 radical (unpaired) electrons. The number of hydrogen-bond donors (Lipinski definition) is 1. The van der Waals surface area contributed by atoms with Crippen LogP contribution in [-0.4, -0.2) is 11.1 Å². The van der Waals surface area contributed by atoms with Gasteiger partial charge in [0.05, 0.1) is 0 Å². The zero-order chi connectivity index (χ0) is 17.7. The van der Waals surface area contributed by atoms with Gasteiger partial charge in [0.25, 0.3) is 0 Å². The minimum atomic E-state index is -0.936. The van der Waals surface area contributed by atoms with Gasteiger partial charge in [0.2, 0.25) is 0 Å². The summed E-state index contributed by atoms with van der Waals surface area (Å²) < 4.78 is 0. The van der Waals surface area contributed by atoms with Crippen LogP contribution in [0.3, 0.4) is 0 Å². The van der Waals surface area contributed by atoms with Crippen LogP contribution in [0.4, 0.5) is 0 Å². The summed E-state index contributed by atoms with van der Waals surface area (Å²) in [5.41, 5.74) is 0. The van der Waals surface area contributed by atoms with Crippen molar-refractivity contribution in [3.05, 3.63) is 72.9 Å². The van der Waals surface area contributed by atoms with Gasteiger partial charge >= 0.3 is 5.97 Å². The van der Waals surface area contributed by atoms with Crippen molar-refractivity contribution < 1.29 is 9.90 Å². The summed E-state index contributed by atoms with van der Waals surface area (Å²) >= 11 is 0. The highest BCUT2D eigenvalue weighted by molar-refractivity contribution is 5.80. The molecule has 1 N–H and O–H groups in total. The van der Waals surface area contributed by atoms with E-state index in [2.05, 4.69) is 19.1 Å². The van der Waals surface area contributed by atoms with Crippen LogP contribution in [-0.2, 0) is 4.79 Å². The maximum absolute atomic E-state index is 10.2. The molecule has 0 bridgehead atoms. The first-order valence-electron chi connectivity index (χ1n) is 9.00. The van der Waals surface area contributed by atoms with Gasteiger partial charge in [0, 0.05) is 6.08 Å². The number of unbranched alkanes of at least 4 members (excludes halogenated alkanes) is 7. The third-order valence-electron chi connectivity index (χ3n) is 3.35. The Morgan fingerprint density at radius 3 is 1.67 bits per heavy atom. The molecule has 0 saturated heterocycles. The second-order valence-corrected chi connectivity index (χ2v) is 5.58. The van der Waals surface area contributed by atoms with E-state index in [1.165, 1.54) is 51.0 Å². The lowest BCUT2D eigenvalue weighted by Gasteiger charge is -1.98. The van der Waals surface area contributed by atoms with Crippen molar-refractivity contribution in [2.45, 2.75) is 58.3 Å². The quantitative estimate of drug-likeness (QED) is 0.223. The largest absolute Gasteiger partial charge is 0.478 e. The highest BCUT2D eigenvalue weighted by Crippen LogP contribution is 2.08. The Balaban J connectivity index is 3.57. The average molecular weight is 328 g/mol. The van der Waals surface area contributed by atoms with Gasteiger partial charge < -0.3 is 5.11 Å². The van der Waals surface area contributed by atoms with Crippen LogP contribution in [0, 0.1) is 0 Å². The first-order valence-corrected chi connectivity index (χ1v) is 9.00. The topological polar surface area (TPSA) is 37.3 Å². The van der Waals surface area contributed by atoms with Crippen LogP contribution in [0.5, 0.6) is 0 Å². The summed E-state index contributed by atoms with van der Waals surface area (Å²) in [6, 6.07) is 0. The van der Waals surface area contributed by atoms with E-state index in [0.717, 1.165) is 12.5 Å². The van der Waals surface area contributed by atoms with E-state index in [-0.39, 0.29) is 0 Å². The molecule has 0 heterocycles. The molecule has 0 aliphatic carbocycles. The summed E-state index contributed by atoms with van der Waals surface area (Å²) in [7, 11) is 0. The predicted octanol–water partition coefficient (Wildman–Crippen LogP) is 6.55. The second-order valence-electron chi connectivity index (χ2n) is 5.58. The van der Waals surface area contributed by atoms with Crippen LogP contribution < -0.4 is 0 Å². The molecule has 0 aromatic heterocycles. The first kappa shape index (κ1) is 21.9. The minimum Gasteiger partial charge on any atom is -0.478 e. The molecule has 0 amide bonds. The number of carboxylic acids is 1. The normalized spacial score (nSPS) is 13.0. The van der Waals surface area contributed by atoms with E-state index in [9.17, 15) is 4.79 Å². The van der Waals surface area contributed by atoms with Crippen molar-refractivity contribution in [2.24, 2.45) is 0 Å². The molecule has 2 nitrogen and oxygen atoms in total. The van der Waals surface area contributed by atoms with Gasteiger partial charge in [-0.15, -0.1) is 0 Å². The highest BCUT2D eigenvalue weighted by atomic mass is 16.4. The third kappa shape index (κ3) is 19.9. The molecule has 0 atom stereocenters. The van der Waals surface area contributed by atoms with Gasteiger partial charge in [-0.25, -0.2) is 4.79 Å². The minimum absolute atomic E-state index is 0.936. The molecule has 0 rings (SSSR count). The van der Waals surface area contributed by atoms with Crippen LogP contribution in [0.15, 0.2) is 72.9 Å². The lowest BCUT2D eigenvalue weighted by atomic mass is 10.1. The second kappa shape index (κ2) is 19.0. The molecule has 0 fully saturated rings. The predicted molar refractivity (Wildman–Crippen MR) is 105 cm³/mol. The third-order valence-corrected chi connectivity index (χ3v) is 3.35. The molecule has 0 spiro atoms. The number of carbonyl (C=O) groups is 1. The fraction of sp³-hybridized carbons (Fsp3) is 0.409. The Morgan fingerprint density at radius 1 is 0.667 bits per heavy atom. The monoisotopic (exact) mass is 328 g/mol. The Labute approximate surface area is 147 Å². The lowest BCUT2D eigenvalue weighted by Crippen LogP contribution is -1.84. The van der Waals surface area contributed by atoms with Gasteiger partial charge in [0.15, 0.2) is 0 Å². The molecule has 0 aromatic rings. The molecule has 24 heavy (non-hydrogen) atoms. The van der Waals surface area contributed by atoms with E-state index >= 15 is 0 Å². The fourth-order valence-electron chi connectivity index (χ4n) is 2.05. The maximum Gasteiger partial charge on any atom is 0.328 e. The zero-order valence-electron chi connectivity index (χ0n) is 14.9. The van der Waals surface area contributed by atoms with Crippen molar-refractivity contribution in [3.8, 4) is 0 Å². The van der Waals surface area contributed by atoms with E-state index in [4.69, 9.17) is 5.11 Å². The van der Waals surface area contributed by atoms with Crippen molar-refractivity contribution >= 4 is 5.97 Å². The van der Waals surface area contributed by atoms with Crippen molar-refractivity contribution in [3.63, 3.8) is 0 Å². The Kier molecular flexibility index (Phi) is 17.3. The molecule has 0 saturated carbocycles. The molecule has 0 aliphatic heterocycles. The van der Waals surface area contributed by atoms with E-state index in [1.807, 2.05) is 36.5 Å². The van der Waals surface area contributed by atoms with Gasteiger partial charge in [0.1, 0.15) is 0 Å². The number of aliphatic carboxylic acids is 1. The fourth-order valence-corrected chi connectivity index (χ4v) is 2.05. The van der Waals surface area contributed by atoms with E-state index in [1.54, 1.807) is 12.2 Å². The molecule has 0 aromatic carbocycles. The standard InChI is InChI=1S/C22H32O2/c1-2-3-4-5-6-7-8-9-10-11-12-13-14-15-16-17-18-19-20-21-22(23)24/h10-21H,2-9H2,1H3,(H,23,24)/b11-10?,13-12?,15-14?,17-16?,19-18+,21-20+. The maximum atomic E-state index is 10.2. The number of rotatable bonds is 14. The number of hydrogen-bond acceptors (Lipinski definition) is 1. The molecule has 2 heteroatoms. The Bertz CT molecular complexity index is 462. The number of allylic oxidation sites excluding steroid dienone is 11. The van der Waals surface area contributed by atoms with Crippen molar-refractivity contribution in [2.75, 3.05) is 0 Å². The smallest absolute Gasteiger partial charge is 0.328 e. The molecule has 132 valence electrons. The Morgan fingerprint density at radius 2 is 1.12 bits per heavy atom. The molecule has 0 unspecified atom stereocenters. The van der Waals surface area contributed by atoms with Crippen molar-refractivity contribution in [1.29, 1.82) is 0 Å². The summed E-state index contributed by atoms with van der Waals surface area (Å²) in [6.07, 6.45) is 32.7. The Hall–Kier alpha value is -2.09. The van der Waals surface area contributed by atoms with Crippen LogP contribution >= 0.6 is 0 Å². The summed E-state index contributed by atoms with van der Waals surface area (Å²) in [5, 5.41) is 8.39. The molecular weight excluding hydrogens is 296 g/mol. The summed E-state index contributed by atoms with van der Waals surface area (Å²) in [4.78, 5) is 10.2. The summed E-state index contributed by atoms with van der Waals surface area (Å²) in [5.74, 6) is -0.936. The lowest BCUT2D eigenvalue weighted by molar-refractivity contribution is -0.131. The first-order chi connectivity index (χ1) is 11.8. The van der Waals surface area contributed by atoms with Gasteiger partial charge in [-0.3, -0.25) is 0 Å².